The van der Waals surface area contributed by atoms with E-state index in [1.807, 2.05) is 0 Å². The van der Waals surface area contributed by atoms with Crippen molar-refractivity contribution in [2.45, 2.75) is 99.3 Å². The van der Waals surface area contributed by atoms with Crippen molar-refractivity contribution in [3.63, 3.8) is 0 Å². The second-order valence-electron chi connectivity index (χ2n) is 7.68. The molecule has 0 fully saturated rings. The first-order valence-corrected chi connectivity index (χ1v) is 17.7. The Hall–Kier alpha value is 0.531. The summed E-state index contributed by atoms with van der Waals surface area (Å²) in [5, 5.41) is 3.40. The van der Waals surface area contributed by atoms with Crippen molar-refractivity contribution < 1.29 is 8.23 Å². The van der Waals surface area contributed by atoms with Gasteiger partial charge in [-0.2, -0.15) is 0 Å². The molecule has 0 bridgehead atoms. The van der Waals surface area contributed by atoms with Crippen LogP contribution >= 0.6 is 0 Å². The monoisotopic (exact) mass is 381 g/mol. The smallest absolute Gasteiger partial charge is 0.311 e. The minimum absolute atomic E-state index is 0. The zero-order valence-corrected chi connectivity index (χ0v) is 18.8. The summed E-state index contributed by atoms with van der Waals surface area (Å²) >= 11 is 0. The highest BCUT2D eigenvalue weighted by atomic mass is 28.5. The van der Waals surface area contributed by atoms with Crippen molar-refractivity contribution >= 4 is 25.2 Å². The van der Waals surface area contributed by atoms with E-state index in [1.54, 1.807) is 0 Å². The largest absolute Gasteiger partial charge is 0.437 e. The molecule has 0 saturated heterocycles. The molecule has 0 saturated carbocycles. The van der Waals surface area contributed by atoms with E-state index < -0.39 is 25.2 Å². The molecule has 6 heteroatoms. The molecule has 0 aromatic rings. The molecule has 3 nitrogen and oxygen atoms in total. The minimum Gasteiger partial charge on any atom is -0.437 e. The molecular weight excluding hydrogens is 334 g/mol. The van der Waals surface area contributed by atoms with Crippen molar-refractivity contribution in [3.05, 3.63) is 0 Å². The number of unbranched alkanes of at least 4 members (excludes halogenated alkanes) is 1. The Morgan fingerprint density at radius 1 is 0.739 bits per heavy atom. The molecule has 1 N–H and O–H groups in total. The highest BCUT2D eigenvalue weighted by molar-refractivity contribution is 6.87. The van der Waals surface area contributed by atoms with Crippen molar-refractivity contribution in [3.8, 4) is 0 Å². The van der Waals surface area contributed by atoms with Gasteiger partial charge in [0.25, 0.3) is 0 Å². The van der Waals surface area contributed by atoms with Crippen LogP contribution in [0.25, 0.3) is 0 Å². The second kappa shape index (κ2) is 12.8. The van der Waals surface area contributed by atoms with Gasteiger partial charge in [0.05, 0.1) is 0 Å². The quantitative estimate of drug-likeness (QED) is 0.322. The number of hydrogen-bond donors (Lipinski definition) is 1. The van der Waals surface area contributed by atoms with Gasteiger partial charge in [-0.15, -0.1) is 0 Å². The highest BCUT2D eigenvalue weighted by Gasteiger charge is 2.38. The van der Waals surface area contributed by atoms with Gasteiger partial charge in [-0.05, 0) is 70.9 Å². The molecule has 0 aromatic carbocycles. The first-order valence-electron chi connectivity index (χ1n) is 8.64. The van der Waals surface area contributed by atoms with Crippen LogP contribution in [0, 0.1) is 0 Å². The van der Waals surface area contributed by atoms with E-state index in [2.05, 4.69) is 58.4 Å². The average Bonchev–Trinajstić information content (AvgIpc) is 2.29. The molecule has 0 unspecified atom stereocenters. The Bertz CT molecular complexity index is 285. The van der Waals surface area contributed by atoms with E-state index >= 15 is 0 Å². The first kappa shape index (κ1) is 28.3. The van der Waals surface area contributed by atoms with Gasteiger partial charge < -0.3 is 13.5 Å². The van der Waals surface area contributed by atoms with Crippen LogP contribution in [0.3, 0.4) is 0 Å². The van der Waals surface area contributed by atoms with E-state index in [1.165, 1.54) is 31.4 Å². The topological polar surface area (TPSA) is 30.5 Å². The molecule has 0 spiro atoms. The summed E-state index contributed by atoms with van der Waals surface area (Å²) in [6.45, 7) is 20.4. The molecular formula is C17H47NO2Si3. The third kappa shape index (κ3) is 15.8. The Labute approximate surface area is 151 Å². The van der Waals surface area contributed by atoms with E-state index in [0.29, 0.717) is 0 Å². The van der Waals surface area contributed by atoms with Crippen molar-refractivity contribution in [1.29, 1.82) is 0 Å². The van der Waals surface area contributed by atoms with E-state index in [9.17, 15) is 0 Å². The lowest BCUT2D eigenvalue weighted by Gasteiger charge is -2.38. The van der Waals surface area contributed by atoms with Crippen LogP contribution in [0.5, 0.6) is 0 Å². The molecule has 0 atom stereocenters. The maximum atomic E-state index is 6.58. The lowest BCUT2D eigenvalue weighted by atomic mass is 10.4. The molecule has 0 aliphatic rings. The molecule has 0 heterocycles. The molecule has 0 aliphatic heterocycles. The van der Waals surface area contributed by atoms with Gasteiger partial charge in [0, 0.05) is 0 Å². The molecule has 0 aromatic heterocycles. The van der Waals surface area contributed by atoms with Gasteiger partial charge in [-0.25, -0.2) is 0 Å². The normalized spacial score (nSPS) is 12.5. The molecule has 23 heavy (non-hydrogen) atoms. The van der Waals surface area contributed by atoms with Crippen molar-refractivity contribution in [2.24, 2.45) is 0 Å². The molecule has 0 aliphatic carbocycles. The predicted molar refractivity (Wildman–Crippen MR) is 116 cm³/mol. The van der Waals surface area contributed by atoms with Crippen LogP contribution < -0.4 is 5.32 Å². The van der Waals surface area contributed by atoms with Gasteiger partial charge in [0.15, 0.2) is 16.6 Å². The van der Waals surface area contributed by atoms with Gasteiger partial charge in [-0.3, -0.25) is 0 Å². The SMILES string of the molecule is C.C.CCCC[Si](C)(C)O[Si](C)(C)O[Si](C)(C)CCCNCC. The lowest BCUT2D eigenvalue weighted by Crippen LogP contribution is -2.52. The van der Waals surface area contributed by atoms with Gasteiger partial charge in [0.1, 0.15) is 0 Å². The molecule has 0 amide bonds. The number of nitrogens with one attached hydrogen (secondary N) is 1. The van der Waals surface area contributed by atoms with Crippen LogP contribution in [0.15, 0.2) is 0 Å². The summed E-state index contributed by atoms with van der Waals surface area (Å²) in [6, 6.07) is 2.47. The van der Waals surface area contributed by atoms with Crippen LogP contribution in [0.1, 0.15) is 48.0 Å². The Morgan fingerprint density at radius 3 is 1.57 bits per heavy atom. The fraction of sp³-hybridized carbons (Fsp3) is 1.00. The fourth-order valence-electron chi connectivity index (χ4n) is 2.87. The van der Waals surface area contributed by atoms with Crippen molar-refractivity contribution in [1.82, 2.24) is 5.32 Å². The zero-order chi connectivity index (χ0) is 16.6. The fourth-order valence-corrected chi connectivity index (χ4v) is 17.1. The van der Waals surface area contributed by atoms with Gasteiger partial charge in [-0.1, -0.05) is 41.5 Å². The second-order valence-corrected chi connectivity index (χ2v) is 20.2. The highest BCUT2D eigenvalue weighted by Crippen LogP contribution is 2.26. The molecule has 0 radical (unpaired) electrons. The average molecular weight is 382 g/mol. The first-order chi connectivity index (χ1) is 9.54. The number of hydrogen-bond acceptors (Lipinski definition) is 3. The van der Waals surface area contributed by atoms with E-state index in [-0.39, 0.29) is 14.9 Å². The minimum atomic E-state index is -1.99. The van der Waals surface area contributed by atoms with Crippen LogP contribution in [-0.2, 0) is 8.23 Å². The van der Waals surface area contributed by atoms with Gasteiger partial charge >= 0.3 is 8.56 Å². The van der Waals surface area contributed by atoms with Crippen LogP contribution in [0.4, 0.5) is 0 Å². The van der Waals surface area contributed by atoms with E-state index in [0.717, 1.165) is 13.1 Å². The van der Waals surface area contributed by atoms with Crippen molar-refractivity contribution in [2.75, 3.05) is 13.1 Å². The maximum absolute atomic E-state index is 6.58. The third-order valence-electron chi connectivity index (χ3n) is 3.56. The molecule has 144 valence electrons. The summed E-state index contributed by atoms with van der Waals surface area (Å²) in [4.78, 5) is 0. The zero-order valence-electron chi connectivity index (χ0n) is 15.8. The maximum Gasteiger partial charge on any atom is 0.311 e. The summed E-state index contributed by atoms with van der Waals surface area (Å²) in [6.07, 6.45) is 3.76. The predicted octanol–water partition coefficient (Wildman–Crippen LogP) is 6.20. The summed E-state index contributed by atoms with van der Waals surface area (Å²) in [5.41, 5.74) is 0. The van der Waals surface area contributed by atoms with Gasteiger partial charge in [0.2, 0.25) is 0 Å². The standard InChI is InChI=1S/C15H39NO2Si3.2CH4/c1-9-11-14-19(3,4)17-21(7,8)18-20(5,6)15-12-13-16-10-2;;/h16H,9-15H2,1-8H3;2*1H4. The Kier molecular flexibility index (Phi) is 15.8. The summed E-state index contributed by atoms with van der Waals surface area (Å²) < 4.78 is 13.1. The third-order valence-corrected chi connectivity index (χ3v) is 15.0. The molecule has 0 rings (SSSR count). The Morgan fingerprint density at radius 2 is 1.17 bits per heavy atom. The van der Waals surface area contributed by atoms with Crippen LogP contribution in [0.2, 0.25) is 51.4 Å². The number of rotatable bonds is 12. The van der Waals surface area contributed by atoms with Crippen LogP contribution in [-0.4, -0.2) is 38.3 Å². The Balaban J connectivity index is -0.00000200. The lowest BCUT2D eigenvalue weighted by molar-refractivity contribution is 0.386. The summed E-state index contributed by atoms with van der Waals surface area (Å²) in [5.74, 6) is 0. The van der Waals surface area contributed by atoms with E-state index in [4.69, 9.17) is 8.23 Å². The summed E-state index contributed by atoms with van der Waals surface area (Å²) in [7, 11) is -5.15.